The molecule has 2 saturated heterocycles. The maximum Gasteiger partial charge on any atom is 0.0819 e. The fourth-order valence-electron chi connectivity index (χ4n) is 6.70. The van der Waals surface area contributed by atoms with E-state index in [2.05, 4.69) is 41.0 Å². The van der Waals surface area contributed by atoms with Crippen LogP contribution in [0.1, 0.15) is 63.4 Å². The van der Waals surface area contributed by atoms with Gasteiger partial charge >= 0.3 is 0 Å². The van der Waals surface area contributed by atoms with Gasteiger partial charge < -0.3 is 16.4 Å². The molecule has 26 heavy (non-hydrogen) atoms. The summed E-state index contributed by atoms with van der Waals surface area (Å²) < 4.78 is 0. The van der Waals surface area contributed by atoms with Crippen molar-refractivity contribution in [1.82, 2.24) is 10.6 Å². The molecule has 2 atom stereocenters. The summed E-state index contributed by atoms with van der Waals surface area (Å²) in [6.45, 7) is 0. The fraction of sp³-hybridized carbons (Fsp3) is 0.682. The van der Waals surface area contributed by atoms with Crippen LogP contribution in [0.15, 0.2) is 30.3 Å². The second-order valence-electron chi connectivity index (χ2n) is 9.57. The monoisotopic (exact) mass is 369 g/mol. The second kappa shape index (κ2) is 6.29. The van der Waals surface area contributed by atoms with Crippen LogP contribution in [0.4, 0.5) is 0 Å². The molecule has 0 radical (unpaired) electrons. The van der Waals surface area contributed by atoms with Gasteiger partial charge in [-0.05, 0) is 68.8 Å². The maximum atomic E-state index is 6.09. The molecule has 4 N–H and O–H groups in total. The molecule has 1 aromatic carbocycles. The van der Waals surface area contributed by atoms with Gasteiger partial charge in [0.2, 0.25) is 0 Å². The van der Waals surface area contributed by atoms with Crippen LogP contribution in [-0.4, -0.2) is 29.2 Å². The van der Waals surface area contributed by atoms with Gasteiger partial charge in [0, 0.05) is 29.6 Å². The van der Waals surface area contributed by atoms with E-state index >= 15 is 0 Å². The first-order chi connectivity index (χ1) is 12.6. The lowest BCUT2D eigenvalue weighted by Crippen LogP contribution is -2.68. The minimum atomic E-state index is 0.196. The molecular formula is C22H31N3S. The van der Waals surface area contributed by atoms with Crippen molar-refractivity contribution >= 4 is 17.2 Å². The Labute approximate surface area is 162 Å². The number of nitrogens with two attached hydrogens (primary N) is 1. The summed E-state index contributed by atoms with van der Waals surface area (Å²) in [5.41, 5.74) is 8.14. The van der Waals surface area contributed by atoms with Gasteiger partial charge in [0.05, 0.1) is 4.99 Å². The molecule has 140 valence electrons. The van der Waals surface area contributed by atoms with Gasteiger partial charge in [-0.25, -0.2) is 0 Å². The van der Waals surface area contributed by atoms with Crippen molar-refractivity contribution in [3.05, 3.63) is 35.9 Å². The minimum absolute atomic E-state index is 0.196. The first-order valence-corrected chi connectivity index (χ1v) is 10.9. The molecule has 5 aliphatic rings. The normalized spacial score (nSPS) is 44.0. The summed E-state index contributed by atoms with van der Waals surface area (Å²) in [7, 11) is 0. The molecule has 3 saturated carbocycles. The van der Waals surface area contributed by atoms with Crippen molar-refractivity contribution < 1.29 is 0 Å². The summed E-state index contributed by atoms with van der Waals surface area (Å²) >= 11 is 6.09. The predicted octanol–water partition coefficient (Wildman–Crippen LogP) is 3.42. The zero-order valence-corrected chi connectivity index (χ0v) is 16.4. The van der Waals surface area contributed by atoms with Crippen LogP contribution in [-0.2, 0) is 5.41 Å². The molecule has 0 aromatic heterocycles. The zero-order valence-electron chi connectivity index (χ0n) is 15.5. The molecule has 3 nitrogen and oxygen atoms in total. The molecule has 2 unspecified atom stereocenters. The van der Waals surface area contributed by atoms with E-state index in [0.717, 1.165) is 17.8 Å². The van der Waals surface area contributed by atoms with Crippen molar-refractivity contribution in [1.29, 1.82) is 0 Å². The SMILES string of the molecule is NC1CCC(NC(=S)C23CC4CC(c5ccccc5)(CC(C2)N4)C3)CC1. The minimum Gasteiger partial charge on any atom is -0.376 e. The van der Waals surface area contributed by atoms with Crippen molar-refractivity contribution in [2.24, 2.45) is 11.1 Å². The van der Waals surface area contributed by atoms with E-state index in [1.165, 1.54) is 50.5 Å². The van der Waals surface area contributed by atoms with Crippen LogP contribution < -0.4 is 16.4 Å². The summed E-state index contributed by atoms with van der Waals surface area (Å²) in [5.74, 6) is 0. The Balaban J connectivity index is 1.39. The standard InChI is InChI=1S/C22H31N3S/c23-16-6-8-17(9-7-16)25-20(26)22-12-18-10-21(14-22,11-19(13-22)24-18)15-4-2-1-3-5-15/h1-5,16-19,24H,6-14,23H2,(H,25,26). The number of rotatable bonds is 3. The molecule has 2 aliphatic heterocycles. The number of hydrogen-bond donors (Lipinski definition) is 3. The lowest BCUT2D eigenvalue weighted by Gasteiger charge is -2.63. The fourth-order valence-corrected chi connectivity index (χ4v) is 7.11. The third-order valence-electron chi connectivity index (χ3n) is 7.67. The second-order valence-corrected chi connectivity index (χ2v) is 9.97. The highest BCUT2D eigenvalue weighted by Gasteiger charge is 2.59. The van der Waals surface area contributed by atoms with Crippen molar-refractivity contribution in [3.63, 3.8) is 0 Å². The van der Waals surface area contributed by atoms with Crippen molar-refractivity contribution in [2.45, 2.75) is 87.4 Å². The van der Waals surface area contributed by atoms with E-state index in [4.69, 9.17) is 18.0 Å². The molecule has 4 bridgehead atoms. The average molecular weight is 370 g/mol. The Kier molecular flexibility index (Phi) is 4.15. The van der Waals surface area contributed by atoms with Gasteiger partial charge in [-0.2, -0.15) is 0 Å². The molecule has 5 fully saturated rings. The third kappa shape index (κ3) is 2.81. The molecule has 6 rings (SSSR count). The number of hydrogen-bond acceptors (Lipinski definition) is 3. The topological polar surface area (TPSA) is 50.1 Å². The number of thiocarbonyl (C=S) groups is 1. The van der Waals surface area contributed by atoms with E-state index in [9.17, 15) is 0 Å². The number of piperidine rings is 2. The predicted molar refractivity (Wildman–Crippen MR) is 110 cm³/mol. The zero-order chi connectivity index (χ0) is 17.8. The molecule has 4 heteroatoms. The maximum absolute atomic E-state index is 6.09. The van der Waals surface area contributed by atoms with Gasteiger partial charge in [-0.3, -0.25) is 0 Å². The number of nitrogens with one attached hydrogen (secondary N) is 2. The molecule has 1 aromatic rings. The first kappa shape index (κ1) is 17.2. The average Bonchev–Trinajstić information content (AvgIpc) is 2.63. The first-order valence-electron chi connectivity index (χ1n) is 10.5. The quantitative estimate of drug-likeness (QED) is 0.715. The molecular weight excluding hydrogens is 338 g/mol. The molecule has 3 aliphatic carbocycles. The Morgan fingerprint density at radius 1 is 1.00 bits per heavy atom. The third-order valence-corrected chi connectivity index (χ3v) is 8.22. The van der Waals surface area contributed by atoms with E-state index in [1.807, 2.05) is 0 Å². The highest BCUT2D eigenvalue weighted by Crippen LogP contribution is 2.60. The Bertz CT molecular complexity index is 666. The van der Waals surface area contributed by atoms with Crippen molar-refractivity contribution in [2.75, 3.05) is 0 Å². The highest BCUT2D eigenvalue weighted by molar-refractivity contribution is 7.80. The largest absolute Gasteiger partial charge is 0.376 e. The summed E-state index contributed by atoms with van der Waals surface area (Å²) in [6, 6.07) is 13.4. The van der Waals surface area contributed by atoms with E-state index in [0.29, 0.717) is 29.6 Å². The van der Waals surface area contributed by atoms with E-state index < -0.39 is 0 Å². The van der Waals surface area contributed by atoms with Crippen LogP contribution in [0, 0.1) is 5.41 Å². The van der Waals surface area contributed by atoms with Gasteiger partial charge in [0.15, 0.2) is 0 Å². The molecule has 2 heterocycles. The summed E-state index contributed by atoms with van der Waals surface area (Å²) in [6.07, 6.45) is 10.8. The summed E-state index contributed by atoms with van der Waals surface area (Å²) in [5, 5.41) is 7.71. The lowest BCUT2D eigenvalue weighted by atomic mass is 9.48. The Morgan fingerprint density at radius 3 is 2.31 bits per heavy atom. The van der Waals surface area contributed by atoms with Gasteiger partial charge in [0.1, 0.15) is 0 Å². The van der Waals surface area contributed by atoms with E-state index in [-0.39, 0.29) is 5.41 Å². The Hall–Kier alpha value is -0.970. The smallest absolute Gasteiger partial charge is 0.0819 e. The van der Waals surface area contributed by atoms with E-state index in [1.54, 1.807) is 0 Å². The van der Waals surface area contributed by atoms with Crippen molar-refractivity contribution in [3.8, 4) is 0 Å². The van der Waals surface area contributed by atoms with Crippen LogP contribution in [0.5, 0.6) is 0 Å². The van der Waals surface area contributed by atoms with Gasteiger partial charge in [-0.1, -0.05) is 42.5 Å². The van der Waals surface area contributed by atoms with Crippen LogP contribution in [0.2, 0.25) is 0 Å². The van der Waals surface area contributed by atoms with Gasteiger partial charge in [0.25, 0.3) is 0 Å². The van der Waals surface area contributed by atoms with Crippen LogP contribution in [0.3, 0.4) is 0 Å². The Morgan fingerprint density at radius 2 is 1.65 bits per heavy atom. The van der Waals surface area contributed by atoms with Crippen LogP contribution in [0.25, 0.3) is 0 Å². The molecule has 0 spiro atoms. The van der Waals surface area contributed by atoms with Crippen LogP contribution >= 0.6 is 12.2 Å². The number of benzene rings is 1. The summed E-state index contributed by atoms with van der Waals surface area (Å²) in [4.78, 5) is 1.16. The highest BCUT2D eigenvalue weighted by atomic mass is 32.1. The lowest BCUT2D eigenvalue weighted by molar-refractivity contribution is 0.000682. The molecule has 0 amide bonds. The van der Waals surface area contributed by atoms with Gasteiger partial charge in [-0.15, -0.1) is 0 Å².